The molecule has 2 aromatic carbocycles. The molecule has 0 bridgehead atoms. The van der Waals surface area contributed by atoms with Gasteiger partial charge in [-0.05, 0) is 30.9 Å². The van der Waals surface area contributed by atoms with Gasteiger partial charge in [0.15, 0.2) is 16.9 Å². The largest absolute Gasteiger partial charge is 0.504 e. The van der Waals surface area contributed by atoms with Crippen LogP contribution in [0.2, 0.25) is 0 Å². The third-order valence-electron chi connectivity index (χ3n) is 3.45. The number of hydrogen-bond acceptors (Lipinski definition) is 5. The molecule has 1 N–H and O–H groups in total. The summed E-state index contributed by atoms with van der Waals surface area (Å²) in [7, 11) is 0. The molecule has 0 aliphatic carbocycles. The van der Waals surface area contributed by atoms with Crippen LogP contribution in [0.15, 0.2) is 29.1 Å². The van der Waals surface area contributed by atoms with Crippen molar-refractivity contribution in [2.24, 2.45) is 0 Å². The van der Waals surface area contributed by atoms with Crippen molar-refractivity contribution in [3.8, 4) is 17.2 Å². The third-order valence-corrected chi connectivity index (χ3v) is 3.45. The number of phenols is 1. The summed E-state index contributed by atoms with van der Waals surface area (Å²) in [4.78, 5) is 12.3. The van der Waals surface area contributed by atoms with Gasteiger partial charge < -0.3 is 19.3 Å². The molecule has 110 valence electrons. The molecule has 1 unspecified atom stereocenters. The highest BCUT2D eigenvalue weighted by atomic mass is 16.9. The van der Waals surface area contributed by atoms with E-state index in [9.17, 15) is 9.90 Å². The number of aryl methyl sites for hydroxylation is 1. The molecular formula is C16H16O5. The molecule has 1 atom stereocenters. The standard InChI is InChI=1S/C16H16O5/c1-4-19-16(3)20-11-8-10-7-5-6-9(2)13(17)12(10)14(18)15(11)21-16/h5-8,18H,4H2,1-3H3. The van der Waals surface area contributed by atoms with E-state index in [0.29, 0.717) is 23.3 Å². The van der Waals surface area contributed by atoms with Crippen LogP contribution < -0.4 is 14.9 Å². The lowest BCUT2D eigenvalue weighted by molar-refractivity contribution is -0.266. The van der Waals surface area contributed by atoms with Gasteiger partial charge in [-0.25, -0.2) is 0 Å². The average molecular weight is 288 g/mol. The van der Waals surface area contributed by atoms with Crippen LogP contribution in [0.5, 0.6) is 17.2 Å². The number of phenolic OH excluding ortho intramolecular Hbond substituents is 1. The quantitative estimate of drug-likeness (QED) is 0.920. The third kappa shape index (κ3) is 2.10. The van der Waals surface area contributed by atoms with E-state index in [1.54, 1.807) is 38.1 Å². The predicted molar refractivity (Wildman–Crippen MR) is 77.9 cm³/mol. The highest BCUT2D eigenvalue weighted by Gasteiger charge is 2.40. The summed E-state index contributed by atoms with van der Waals surface area (Å²) in [5, 5.41) is 11.2. The van der Waals surface area contributed by atoms with Crippen molar-refractivity contribution >= 4 is 10.8 Å². The lowest BCUT2D eigenvalue weighted by atomic mass is 10.1. The first-order valence-corrected chi connectivity index (χ1v) is 6.77. The van der Waals surface area contributed by atoms with E-state index in [0.717, 1.165) is 0 Å². The Hall–Kier alpha value is -2.27. The Morgan fingerprint density at radius 3 is 2.81 bits per heavy atom. The van der Waals surface area contributed by atoms with Crippen molar-refractivity contribution in [3.05, 3.63) is 40.1 Å². The van der Waals surface area contributed by atoms with Crippen LogP contribution in [-0.2, 0) is 4.74 Å². The first-order valence-electron chi connectivity index (χ1n) is 6.77. The minimum absolute atomic E-state index is 0.140. The number of rotatable bonds is 2. The first kappa shape index (κ1) is 13.7. The van der Waals surface area contributed by atoms with Crippen LogP contribution in [0.25, 0.3) is 10.8 Å². The molecule has 0 radical (unpaired) electrons. The summed E-state index contributed by atoms with van der Waals surface area (Å²) in [6, 6.07) is 6.90. The molecule has 3 rings (SSSR count). The zero-order valence-electron chi connectivity index (χ0n) is 12.1. The van der Waals surface area contributed by atoms with E-state index in [2.05, 4.69) is 0 Å². The van der Waals surface area contributed by atoms with Crippen LogP contribution in [0.1, 0.15) is 19.4 Å². The molecule has 0 fully saturated rings. The Labute approximate surface area is 121 Å². The topological polar surface area (TPSA) is 65.0 Å². The van der Waals surface area contributed by atoms with Gasteiger partial charge in [0.05, 0.1) is 12.0 Å². The number of hydrogen-bond donors (Lipinski definition) is 1. The number of fused-ring (bicyclic) bond motifs is 2. The lowest BCUT2D eigenvalue weighted by Gasteiger charge is -2.21. The maximum Gasteiger partial charge on any atom is 0.369 e. The van der Waals surface area contributed by atoms with E-state index >= 15 is 0 Å². The predicted octanol–water partition coefficient (Wildman–Crippen LogP) is 2.70. The summed E-state index contributed by atoms with van der Waals surface area (Å²) in [5.41, 5.74) is 0.315. The van der Waals surface area contributed by atoms with Gasteiger partial charge in [0.2, 0.25) is 5.75 Å². The maximum absolute atomic E-state index is 12.3. The van der Waals surface area contributed by atoms with Crippen molar-refractivity contribution in [3.63, 3.8) is 0 Å². The van der Waals surface area contributed by atoms with Crippen molar-refractivity contribution < 1.29 is 19.3 Å². The lowest BCUT2D eigenvalue weighted by Crippen LogP contribution is -2.37. The summed E-state index contributed by atoms with van der Waals surface area (Å²) in [5.74, 6) is -0.998. The summed E-state index contributed by atoms with van der Waals surface area (Å²) in [6.07, 6.45) is 0. The Kier molecular flexibility index (Phi) is 3.02. The Morgan fingerprint density at radius 2 is 2.10 bits per heavy atom. The fourth-order valence-corrected chi connectivity index (χ4v) is 2.49. The minimum Gasteiger partial charge on any atom is -0.504 e. The fourth-order valence-electron chi connectivity index (χ4n) is 2.49. The van der Waals surface area contributed by atoms with E-state index in [1.165, 1.54) is 0 Å². The minimum atomic E-state index is -1.29. The average Bonchev–Trinajstić information content (AvgIpc) is 2.68. The van der Waals surface area contributed by atoms with Gasteiger partial charge >= 0.3 is 5.97 Å². The van der Waals surface area contributed by atoms with Gasteiger partial charge in [0.1, 0.15) is 0 Å². The highest BCUT2D eigenvalue weighted by Crippen LogP contribution is 2.48. The molecule has 0 saturated carbocycles. The van der Waals surface area contributed by atoms with E-state index in [4.69, 9.17) is 14.2 Å². The van der Waals surface area contributed by atoms with Crippen LogP contribution in [0.3, 0.4) is 0 Å². The number of ether oxygens (including phenoxy) is 3. The molecule has 0 amide bonds. The van der Waals surface area contributed by atoms with Crippen molar-refractivity contribution in [2.75, 3.05) is 6.61 Å². The number of aromatic hydroxyl groups is 1. The van der Waals surface area contributed by atoms with Gasteiger partial charge in [-0.1, -0.05) is 18.2 Å². The zero-order valence-corrected chi connectivity index (χ0v) is 12.1. The molecular weight excluding hydrogens is 272 g/mol. The van der Waals surface area contributed by atoms with Crippen LogP contribution >= 0.6 is 0 Å². The molecule has 5 heteroatoms. The maximum atomic E-state index is 12.3. The van der Waals surface area contributed by atoms with E-state index < -0.39 is 5.97 Å². The second-order valence-electron chi connectivity index (χ2n) is 5.05. The Bertz CT molecular complexity index is 784. The van der Waals surface area contributed by atoms with Gasteiger partial charge in [0.25, 0.3) is 0 Å². The molecule has 0 spiro atoms. The molecule has 5 nitrogen and oxygen atoms in total. The van der Waals surface area contributed by atoms with E-state index in [-0.39, 0.29) is 22.3 Å². The van der Waals surface area contributed by atoms with Crippen molar-refractivity contribution in [2.45, 2.75) is 26.7 Å². The van der Waals surface area contributed by atoms with E-state index in [1.807, 2.05) is 6.92 Å². The van der Waals surface area contributed by atoms with Crippen molar-refractivity contribution in [1.29, 1.82) is 0 Å². The molecule has 1 aliphatic rings. The van der Waals surface area contributed by atoms with Crippen molar-refractivity contribution in [1.82, 2.24) is 0 Å². The molecule has 1 heterocycles. The normalized spacial score (nSPS) is 20.0. The fraction of sp³-hybridized carbons (Fsp3) is 0.312. The molecule has 21 heavy (non-hydrogen) atoms. The highest BCUT2D eigenvalue weighted by molar-refractivity contribution is 5.92. The van der Waals surface area contributed by atoms with Crippen LogP contribution in [0.4, 0.5) is 0 Å². The summed E-state index contributed by atoms with van der Waals surface area (Å²) < 4.78 is 16.6. The van der Waals surface area contributed by atoms with Gasteiger partial charge in [-0.2, -0.15) is 0 Å². The molecule has 0 saturated heterocycles. The van der Waals surface area contributed by atoms with Crippen LogP contribution in [0, 0.1) is 6.92 Å². The van der Waals surface area contributed by atoms with Gasteiger partial charge in [-0.15, -0.1) is 0 Å². The monoisotopic (exact) mass is 288 g/mol. The van der Waals surface area contributed by atoms with Gasteiger partial charge in [-0.3, -0.25) is 4.79 Å². The SMILES string of the molecule is CCOC1(C)Oc2cc3cccc(C)c(=O)c3c(O)c2O1. The molecule has 0 aromatic heterocycles. The summed E-state index contributed by atoms with van der Waals surface area (Å²) in [6.45, 7) is 5.53. The molecule has 2 aromatic rings. The smallest absolute Gasteiger partial charge is 0.369 e. The molecule has 1 aliphatic heterocycles. The van der Waals surface area contributed by atoms with Gasteiger partial charge in [0, 0.05) is 6.92 Å². The second-order valence-corrected chi connectivity index (χ2v) is 5.05. The summed E-state index contributed by atoms with van der Waals surface area (Å²) >= 11 is 0. The second kappa shape index (κ2) is 4.63. The zero-order chi connectivity index (χ0) is 15.2. The Balaban J connectivity index is 2.28. The van der Waals surface area contributed by atoms with Crippen LogP contribution in [-0.4, -0.2) is 17.7 Å². The first-order chi connectivity index (χ1) is 9.95. The Morgan fingerprint density at radius 1 is 1.33 bits per heavy atom. The number of benzene rings is 1.